The number of likely N-dealkylation sites (tertiary alicyclic amines) is 1. The minimum atomic E-state index is -0.830. The number of benzene rings is 2. The number of nitrogens with one attached hydrogen (secondary N) is 2. The van der Waals surface area contributed by atoms with Gasteiger partial charge in [-0.05, 0) is 74.1 Å². The van der Waals surface area contributed by atoms with Crippen molar-refractivity contribution in [1.29, 1.82) is 0 Å². The SMILES string of the molecule is Cc1ncsc1-c1ccc(CNC(=O)[C@@H]2C[C@@H](O)CN2C(=O)[C@H](C(C)C)n2cc(-c3ccnc(O[C@H]4C[C@@H](NC(=O)C[C@@H]5N=C(c6ccc(Cl)cc6)c6c(sc(C)c6C)-n6c(C)nnc65)C4)c3)cn2)cc1. The van der Waals surface area contributed by atoms with Gasteiger partial charge in [0.05, 0.1) is 40.5 Å². The molecule has 7 aromatic rings. The van der Waals surface area contributed by atoms with Crippen molar-refractivity contribution in [2.45, 2.75) is 110 Å². The number of ether oxygens (including phenoxy) is 1. The number of carbonyl (C=O) groups is 3. The highest BCUT2D eigenvalue weighted by Gasteiger charge is 2.43. The van der Waals surface area contributed by atoms with Crippen LogP contribution >= 0.6 is 34.3 Å². The van der Waals surface area contributed by atoms with Crippen molar-refractivity contribution in [2.75, 3.05) is 6.54 Å². The van der Waals surface area contributed by atoms with Gasteiger partial charge in [0, 0.05) is 83.4 Å². The molecule has 0 unspecified atom stereocenters. The highest BCUT2D eigenvalue weighted by Crippen LogP contribution is 2.40. The van der Waals surface area contributed by atoms with Crippen LogP contribution in [0.1, 0.15) is 96.1 Å². The Hall–Kier alpha value is -6.60. The second-order valence-corrected chi connectivity index (χ2v) is 21.4. The van der Waals surface area contributed by atoms with Crippen molar-refractivity contribution in [2.24, 2.45) is 10.9 Å². The lowest BCUT2D eigenvalue weighted by atomic mass is 9.89. The van der Waals surface area contributed by atoms with Gasteiger partial charge in [0.25, 0.3) is 0 Å². The van der Waals surface area contributed by atoms with Gasteiger partial charge < -0.3 is 25.4 Å². The first-order valence-electron chi connectivity index (χ1n) is 23.8. The molecular weight excluding hydrogens is 958 g/mol. The molecule has 10 rings (SSSR count). The van der Waals surface area contributed by atoms with Crippen LogP contribution in [0.2, 0.25) is 5.02 Å². The Balaban J connectivity index is 0.757. The molecule has 3 amide bonds. The molecule has 19 heteroatoms. The lowest BCUT2D eigenvalue weighted by Gasteiger charge is -2.35. The van der Waals surface area contributed by atoms with Gasteiger partial charge >= 0.3 is 0 Å². The van der Waals surface area contributed by atoms with Crippen molar-refractivity contribution in [3.63, 3.8) is 0 Å². The topological polar surface area (TPSA) is 195 Å². The minimum absolute atomic E-state index is 0.0503. The van der Waals surface area contributed by atoms with Gasteiger partial charge in [0.1, 0.15) is 35.1 Å². The van der Waals surface area contributed by atoms with E-state index in [9.17, 15) is 19.5 Å². The number of fused-ring (bicyclic) bond motifs is 3. The lowest BCUT2D eigenvalue weighted by Crippen LogP contribution is -2.49. The predicted molar refractivity (Wildman–Crippen MR) is 273 cm³/mol. The van der Waals surface area contributed by atoms with Crippen molar-refractivity contribution >= 4 is 57.7 Å². The Morgan fingerprint density at radius 2 is 1.69 bits per heavy atom. The van der Waals surface area contributed by atoms with E-state index in [4.69, 9.17) is 21.3 Å². The maximum absolute atomic E-state index is 14.3. The van der Waals surface area contributed by atoms with Gasteiger partial charge in [-0.2, -0.15) is 5.10 Å². The maximum atomic E-state index is 14.3. The number of hydrogen-bond acceptors (Lipinski definition) is 13. The summed E-state index contributed by atoms with van der Waals surface area (Å²) in [6.07, 6.45) is 5.64. The molecule has 3 N–H and O–H groups in total. The van der Waals surface area contributed by atoms with Crippen LogP contribution in [0.5, 0.6) is 5.88 Å². The van der Waals surface area contributed by atoms with E-state index in [1.165, 1.54) is 9.78 Å². The van der Waals surface area contributed by atoms with E-state index in [0.717, 1.165) is 66.1 Å². The first kappa shape index (κ1) is 48.0. The number of carbonyl (C=O) groups excluding carboxylic acids is 3. The molecule has 16 nitrogen and oxygen atoms in total. The zero-order valence-corrected chi connectivity index (χ0v) is 42.6. The average molecular weight is 1010 g/mol. The van der Waals surface area contributed by atoms with Crippen LogP contribution in [-0.2, 0) is 20.9 Å². The number of aromatic nitrogens is 7. The fourth-order valence-corrected chi connectivity index (χ4v) is 11.8. The van der Waals surface area contributed by atoms with E-state index in [1.807, 2.05) is 105 Å². The maximum Gasteiger partial charge on any atom is 0.248 e. The standard InChI is InChI=1S/C52H54ClN11O5S2/c1-27(2)47(51(68)62-25-39(65)20-42(62)50(67)55-22-32-7-9-34(10-8-32)48-29(4)56-26-70-48)63-24-36(23-57-63)35-15-16-54-44(17-35)69-40-18-38(19-40)58-43(66)21-41-49-61-60-31(6)64(49)52-45(28(3)30(5)71-52)46(59-41)33-11-13-37(53)14-12-33/h7-17,23-24,26-27,38-42,47,65H,18-22,25H2,1-6H3,(H,55,67)(H,58,66)/t38-,39-,40+,41+,42+,47+/m1/s1. The molecule has 1 aliphatic carbocycles. The molecule has 1 saturated heterocycles. The van der Waals surface area contributed by atoms with Crippen molar-refractivity contribution in [3.8, 4) is 32.4 Å². The first-order chi connectivity index (χ1) is 34.2. The number of aryl methyl sites for hydroxylation is 3. The highest BCUT2D eigenvalue weighted by molar-refractivity contribution is 7.15. The number of thiazole rings is 1. The number of nitrogens with zero attached hydrogens (tertiary/aromatic N) is 9. The number of pyridine rings is 1. The van der Waals surface area contributed by atoms with Gasteiger partial charge in [0.2, 0.25) is 23.6 Å². The third kappa shape index (κ3) is 9.77. The highest BCUT2D eigenvalue weighted by atomic mass is 35.5. The minimum Gasteiger partial charge on any atom is -0.474 e. The quantitative estimate of drug-likeness (QED) is 0.0959. The van der Waals surface area contributed by atoms with Crippen molar-refractivity contribution in [3.05, 3.63) is 134 Å². The summed E-state index contributed by atoms with van der Waals surface area (Å²) in [5.41, 5.74) is 10.2. The van der Waals surface area contributed by atoms with Gasteiger partial charge in [-0.3, -0.25) is 28.6 Å². The molecule has 0 spiro atoms. The van der Waals surface area contributed by atoms with E-state index in [1.54, 1.807) is 39.7 Å². The molecule has 366 valence electrons. The van der Waals surface area contributed by atoms with Crippen LogP contribution in [0.15, 0.2) is 89.8 Å². The fraction of sp³-hybridized carbons (Fsp3) is 0.365. The van der Waals surface area contributed by atoms with Crippen LogP contribution in [0.4, 0.5) is 0 Å². The predicted octanol–water partition coefficient (Wildman–Crippen LogP) is 8.08. The Bertz CT molecular complexity index is 3150. The molecule has 71 heavy (non-hydrogen) atoms. The van der Waals surface area contributed by atoms with Crippen LogP contribution in [0.3, 0.4) is 0 Å². The summed E-state index contributed by atoms with van der Waals surface area (Å²) in [4.78, 5) is 59.5. The molecule has 1 saturated carbocycles. The monoisotopic (exact) mass is 1010 g/mol. The van der Waals surface area contributed by atoms with Crippen LogP contribution < -0.4 is 15.4 Å². The van der Waals surface area contributed by atoms with Crippen LogP contribution in [0.25, 0.3) is 26.6 Å². The lowest BCUT2D eigenvalue weighted by molar-refractivity contribution is -0.142. The van der Waals surface area contributed by atoms with Crippen molar-refractivity contribution in [1.82, 2.24) is 50.0 Å². The van der Waals surface area contributed by atoms with E-state index in [-0.39, 0.29) is 61.7 Å². The van der Waals surface area contributed by atoms with Crippen LogP contribution in [0, 0.1) is 33.6 Å². The van der Waals surface area contributed by atoms with Gasteiger partial charge in [-0.15, -0.1) is 32.9 Å². The summed E-state index contributed by atoms with van der Waals surface area (Å²) < 4.78 is 9.99. The summed E-state index contributed by atoms with van der Waals surface area (Å²) in [6.45, 7) is 12.3. The van der Waals surface area contributed by atoms with Crippen molar-refractivity contribution < 1.29 is 24.2 Å². The third-order valence-corrected chi connectivity index (χ3v) is 16.0. The molecule has 0 bridgehead atoms. The smallest absolute Gasteiger partial charge is 0.248 e. The molecule has 7 heterocycles. The summed E-state index contributed by atoms with van der Waals surface area (Å²) in [7, 11) is 0. The molecule has 2 fully saturated rings. The molecule has 5 aromatic heterocycles. The summed E-state index contributed by atoms with van der Waals surface area (Å²) >= 11 is 9.53. The molecule has 2 aromatic carbocycles. The number of amides is 3. The molecule has 3 aliphatic rings. The van der Waals surface area contributed by atoms with Gasteiger partial charge in [-0.1, -0.05) is 61.8 Å². The summed E-state index contributed by atoms with van der Waals surface area (Å²) in [5.74, 6) is 0.863. The Morgan fingerprint density at radius 3 is 2.42 bits per heavy atom. The largest absolute Gasteiger partial charge is 0.474 e. The molecule has 2 aliphatic heterocycles. The third-order valence-electron chi connectivity index (χ3n) is 13.6. The number of aliphatic imine (C=N–C) groups is 1. The van der Waals surface area contributed by atoms with Crippen LogP contribution in [-0.4, -0.2) is 98.8 Å². The molecule has 0 radical (unpaired) electrons. The van der Waals surface area contributed by atoms with E-state index >= 15 is 0 Å². The second-order valence-electron chi connectivity index (χ2n) is 18.9. The second kappa shape index (κ2) is 19.9. The molecule has 4 atom stereocenters. The normalized spacial score (nSPS) is 19.9. The number of hydrogen-bond donors (Lipinski definition) is 3. The number of aliphatic hydroxyl groups is 1. The zero-order chi connectivity index (χ0) is 49.7. The number of halogens is 1. The van der Waals surface area contributed by atoms with E-state index in [2.05, 4.69) is 49.7 Å². The zero-order valence-electron chi connectivity index (χ0n) is 40.2. The molecular formula is C52H54ClN11O5S2. The van der Waals surface area contributed by atoms with E-state index < -0.39 is 24.2 Å². The van der Waals surface area contributed by atoms with E-state index in [0.29, 0.717) is 29.6 Å². The first-order valence-corrected chi connectivity index (χ1v) is 25.8. The van der Waals surface area contributed by atoms with Gasteiger partial charge in [-0.25, -0.2) is 9.97 Å². The number of rotatable bonds is 14. The Morgan fingerprint density at radius 1 is 0.930 bits per heavy atom. The number of β-amino-alcohol motifs (C(OH)–C–C–N with tert-alkyl or cyclic N) is 1. The number of aliphatic hydroxyl groups excluding tert-OH is 1. The Kier molecular flexibility index (Phi) is 13.5. The number of thiophene rings is 1. The Labute approximate surface area is 424 Å². The fourth-order valence-electron chi connectivity index (χ4n) is 9.68. The summed E-state index contributed by atoms with van der Waals surface area (Å²) in [6, 6.07) is 17.1. The average Bonchev–Trinajstić information content (AvgIpc) is 4.19. The van der Waals surface area contributed by atoms with Gasteiger partial charge in [0.15, 0.2) is 5.82 Å². The summed E-state index contributed by atoms with van der Waals surface area (Å²) in [5, 5.41) is 32.1.